The molecule has 0 fully saturated rings. The molecule has 21 heavy (non-hydrogen) atoms. The van der Waals surface area contributed by atoms with Crippen LogP contribution in [0.1, 0.15) is 18.9 Å². The molecule has 1 rings (SSSR count). The van der Waals surface area contributed by atoms with Crippen LogP contribution in [0.3, 0.4) is 0 Å². The molecular formula is C15H23ClN2O3. The zero-order valence-corrected chi connectivity index (χ0v) is 13.0. The van der Waals surface area contributed by atoms with Crippen LogP contribution in [0.15, 0.2) is 24.3 Å². The number of carbonyl (C=O) groups is 1. The van der Waals surface area contributed by atoms with E-state index in [9.17, 15) is 9.90 Å². The number of aliphatic hydroxyl groups excluding tert-OH is 1. The van der Waals surface area contributed by atoms with Crippen LogP contribution in [0.25, 0.3) is 0 Å². The van der Waals surface area contributed by atoms with Gasteiger partial charge in [0.25, 0.3) is 0 Å². The van der Waals surface area contributed by atoms with Crippen LogP contribution in [0.4, 0.5) is 0 Å². The highest BCUT2D eigenvalue weighted by Crippen LogP contribution is 2.15. The molecule has 1 aromatic carbocycles. The van der Waals surface area contributed by atoms with E-state index < -0.39 is 6.10 Å². The summed E-state index contributed by atoms with van der Waals surface area (Å²) < 4.78 is 5.43. The number of benzene rings is 1. The van der Waals surface area contributed by atoms with Crippen molar-refractivity contribution in [1.29, 1.82) is 0 Å². The number of ether oxygens (including phenoxy) is 1. The molecule has 0 aliphatic carbocycles. The number of rotatable bonds is 10. The molecule has 0 aromatic heterocycles. The highest BCUT2D eigenvalue weighted by Gasteiger charge is 2.06. The summed E-state index contributed by atoms with van der Waals surface area (Å²) in [6.07, 6.45) is -0.206. The minimum absolute atomic E-state index is 0.00876. The van der Waals surface area contributed by atoms with Crippen molar-refractivity contribution < 1.29 is 14.6 Å². The lowest BCUT2D eigenvalue weighted by Gasteiger charge is -2.13. The van der Waals surface area contributed by atoms with E-state index >= 15 is 0 Å². The summed E-state index contributed by atoms with van der Waals surface area (Å²) in [5, 5.41) is 16.1. The zero-order chi connectivity index (χ0) is 15.5. The Morgan fingerprint density at radius 1 is 1.43 bits per heavy atom. The Balaban J connectivity index is 2.08. The van der Waals surface area contributed by atoms with Gasteiger partial charge in [0.05, 0.1) is 19.3 Å². The third-order valence-electron chi connectivity index (χ3n) is 2.81. The number of amides is 1. The summed E-state index contributed by atoms with van der Waals surface area (Å²) in [5.74, 6) is 0.00876. The van der Waals surface area contributed by atoms with Gasteiger partial charge in [0.2, 0.25) is 5.91 Å². The number of halogens is 1. The Labute approximate surface area is 130 Å². The minimum atomic E-state index is -0.610. The second-order valence-electron chi connectivity index (χ2n) is 4.67. The van der Waals surface area contributed by atoms with Crippen LogP contribution in [0, 0.1) is 0 Å². The lowest BCUT2D eigenvalue weighted by atomic mass is 10.2. The molecule has 1 unspecified atom stereocenters. The molecule has 0 saturated carbocycles. The molecule has 0 radical (unpaired) electrons. The first kappa shape index (κ1) is 17.9. The molecule has 6 heteroatoms. The molecule has 1 atom stereocenters. The van der Waals surface area contributed by atoms with Gasteiger partial charge in [-0.1, -0.05) is 29.8 Å². The Kier molecular flexibility index (Phi) is 9.01. The Hall–Kier alpha value is -1.14. The average Bonchev–Trinajstić information content (AvgIpc) is 2.46. The van der Waals surface area contributed by atoms with E-state index in [1.165, 1.54) is 0 Å². The number of nitrogens with one attached hydrogen (secondary N) is 2. The van der Waals surface area contributed by atoms with Gasteiger partial charge in [0.15, 0.2) is 0 Å². The molecule has 0 bridgehead atoms. The van der Waals surface area contributed by atoms with Crippen LogP contribution in [-0.4, -0.2) is 43.4 Å². The van der Waals surface area contributed by atoms with Crippen LogP contribution < -0.4 is 10.6 Å². The second kappa shape index (κ2) is 10.6. The highest BCUT2D eigenvalue weighted by atomic mass is 35.5. The lowest BCUT2D eigenvalue weighted by molar-refractivity contribution is -0.120. The Morgan fingerprint density at radius 3 is 2.90 bits per heavy atom. The van der Waals surface area contributed by atoms with Crippen LogP contribution >= 0.6 is 11.6 Å². The fourth-order valence-electron chi connectivity index (χ4n) is 1.74. The predicted octanol–water partition coefficient (Wildman–Crippen LogP) is 1.33. The maximum atomic E-state index is 11.2. The number of carbonyl (C=O) groups excluding carboxylic acids is 1. The number of hydrogen-bond donors (Lipinski definition) is 3. The van der Waals surface area contributed by atoms with Gasteiger partial charge in [0, 0.05) is 31.1 Å². The van der Waals surface area contributed by atoms with Crippen molar-refractivity contribution >= 4 is 17.5 Å². The maximum absolute atomic E-state index is 11.2. The Morgan fingerprint density at radius 2 is 2.19 bits per heavy atom. The van der Waals surface area contributed by atoms with Gasteiger partial charge < -0.3 is 20.5 Å². The molecule has 3 N–H and O–H groups in total. The molecule has 0 aliphatic heterocycles. The third kappa shape index (κ3) is 8.02. The van der Waals surface area contributed by atoms with Crippen molar-refractivity contribution in [2.75, 3.05) is 26.2 Å². The van der Waals surface area contributed by atoms with Gasteiger partial charge in [-0.05, 0) is 18.6 Å². The van der Waals surface area contributed by atoms with Crippen molar-refractivity contribution in [1.82, 2.24) is 10.6 Å². The molecule has 1 aromatic rings. The topological polar surface area (TPSA) is 70.6 Å². The average molecular weight is 315 g/mol. The van der Waals surface area contributed by atoms with Crippen LogP contribution in [0.5, 0.6) is 0 Å². The van der Waals surface area contributed by atoms with Gasteiger partial charge >= 0.3 is 0 Å². The Bertz CT molecular complexity index is 429. The largest absolute Gasteiger partial charge is 0.389 e. The minimum Gasteiger partial charge on any atom is -0.389 e. The standard InChI is InChI=1S/C15H23ClN2O3/c1-2-18-15(20)7-8-17-9-13(19)11-21-10-12-5-3-4-6-14(12)16/h3-6,13,17,19H,2,7-11H2,1H3,(H,18,20). The normalized spacial score (nSPS) is 12.1. The predicted molar refractivity (Wildman–Crippen MR) is 83.3 cm³/mol. The molecule has 5 nitrogen and oxygen atoms in total. The number of aliphatic hydroxyl groups is 1. The van der Waals surface area contributed by atoms with E-state index in [1.807, 2.05) is 25.1 Å². The molecule has 0 spiro atoms. The van der Waals surface area contributed by atoms with E-state index in [2.05, 4.69) is 10.6 Å². The van der Waals surface area contributed by atoms with Crippen molar-refractivity contribution in [2.45, 2.75) is 26.1 Å². The monoisotopic (exact) mass is 314 g/mol. The van der Waals surface area contributed by atoms with E-state index in [0.29, 0.717) is 37.7 Å². The summed E-state index contributed by atoms with van der Waals surface area (Å²) in [6.45, 7) is 4.03. The molecular weight excluding hydrogens is 292 g/mol. The highest BCUT2D eigenvalue weighted by molar-refractivity contribution is 6.31. The zero-order valence-electron chi connectivity index (χ0n) is 12.3. The summed E-state index contributed by atoms with van der Waals surface area (Å²) in [6, 6.07) is 7.45. The smallest absolute Gasteiger partial charge is 0.221 e. The van der Waals surface area contributed by atoms with Gasteiger partial charge in [-0.25, -0.2) is 0 Å². The van der Waals surface area contributed by atoms with E-state index in [-0.39, 0.29) is 12.5 Å². The van der Waals surface area contributed by atoms with Crippen molar-refractivity contribution in [2.24, 2.45) is 0 Å². The van der Waals surface area contributed by atoms with E-state index in [1.54, 1.807) is 6.07 Å². The van der Waals surface area contributed by atoms with E-state index in [0.717, 1.165) is 5.56 Å². The van der Waals surface area contributed by atoms with E-state index in [4.69, 9.17) is 16.3 Å². The van der Waals surface area contributed by atoms with Crippen LogP contribution in [0.2, 0.25) is 5.02 Å². The summed E-state index contributed by atoms with van der Waals surface area (Å²) in [5.41, 5.74) is 0.899. The fourth-order valence-corrected chi connectivity index (χ4v) is 1.93. The molecule has 0 heterocycles. The maximum Gasteiger partial charge on any atom is 0.221 e. The third-order valence-corrected chi connectivity index (χ3v) is 3.18. The van der Waals surface area contributed by atoms with Crippen molar-refractivity contribution in [3.05, 3.63) is 34.9 Å². The quantitative estimate of drug-likeness (QED) is 0.570. The number of hydrogen-bond acceptors (Lipinski definition) is 4. The summed E-state index contributed by atoms with van der Waals surface area (Å²) >= 11 is 6.00. The van der Waals surface area contributed by atoms with Gasteiger partial charge in [-0.3, -0.25) is 4.79 Å². The summed E-state index contributed by atoms with van der Waals surface area (Å²) in [4.78, 5) is 11.2. The van der Waals surface area contributed by atoms with Gasteiger partial charge in [-0.2, -0.15) is 0 Å². The summed E-state index contributed by atoms with van der Waals surface area (Å²) in [7, 11) is 0. The molecule has 0 aliphatic rings. The first-order valence-corrected chi connectivity index (χ1v) is 7.48. The second-order valence-corrected chi connectivity index (χ2v) is 5.08. The van der Waals surface area contributed by atoms with Crippen LogP contribution in [-0.2, 0) is 16.1 Å². The van der Waals surface area contributed by atoms with Crippen molar-refractivity contribution in [3.63, 3.8) is 0 Å². The SMILES string of the molecule is CCNC(=O)CCNCC(O)COCc1ccccc1Cl. The fraction of sp³-hybridized carbons (Fsp3) is 0.533. The molecule has 0 saturated heterocycles. The van der Waals surface area contributed by atoms with Crippen molar-refractivity contribution in [3.8, 4) is 0 Å². The molecule has 118 valence electrons. The molecule has 1 amide bonds. The van der Waals surface area contributed by atoms with Gasteiger partial charge in [-0.15, -0.1) is 0 Å². The lowest BCUT2D eigenvalue weighted by Crippen LogP contribution is -2.33. The van der Waals surface area contributed by atoms with Gasteiger partial charge in [0.1, 0.15) is 0 Å². The first-order chi connectivity index (χ1) is 10.1. The first-order valence-electron chi connectivity index (χ1n) is 7.10.